The molecule has 1 aromatic heterocycles. The van der Waals surface area contributed by atoms with Crippen LogP contribution in [0.3, 0.4) is 0 Å². The first-order chi connectivity index (χ1) is 9.56. The van der Waals surface area contributed by atoms with E-state index in [1.165, 1.54) is 12.1 Å². The number of H-pyrrole nitrogens is 2. The molecule has 3 rings (SSSR count). The molecule has 1 heterocycles. The lowest BCUT2D eigenvalue weighted by Crippen LogP contribution is -2.05. The molecule has 20 heavy (non-hydrogen) atoms. The number of rotatable bonds is 2. The maximum Gasteiger partial charge on any atom is 0.323 e. The number of nitrogens with one attached hydrogen (secondary N) is 2. The number of fused-ring (bicyclic) bond motifs is 1. The van der Waals surface area contributed by atoms with Crippen LogP contribution in [0.5, 0.6) is 0 Å². The molecule has 5 heteroatoms. The van der Waals surface area contributed by atoms with Crippen molar-refractivity contribution in [2.75, 3.05) is 0 Å². The Labute approximate surface area is 113 Å². The molecule has 0 radical (unpaired) electrons. The lowest BCUT2D eigenvalue weighted by Gasteiger charge is -2.05. The molecular weight excluding hydrogens is 259 g/mol. The maximum atomic E-state index is 14.0. The van der Waals surface area contributed by atoms with Gasteiger partial charge in [-0.25, -0.2) is 9.18 Å². The number of imidazole rings is 1. The summed E-state index contributed by atoms with van der Waals surface area (Å²) in [6.45, 7) is 1.61. The quantitative estimate of drug-likeness (QED) is 0.703. The Balaban J connectivity index is 2.12. The van der Waals surface area contributed by atoms with E-state index in [0.29, 0.717) is 22.2 Å². The minimum Gasteiger partial charge on any atom is -0.306 e. The van der Waals surface area contributed by atoms with Gasteiger partial charge in [0.15, 0.2) is 5.78 Å². The number of aromatic nitrogens is 2. The highest BCUT2D eigenvalue weighted by atomic mass is 19.1. The van der Waals surface area contributed by atoms with E-state index < -0.39 is 11.6 Å². The van der Waals surface area contributed by atoms with Crippen LogP contribution in [0.4, 0.5) is 4.39 Å². The van der Waals surface area contributed by atoms with E-state index in [2.05, 4.69) is 9.97 Å². The summed E-state index contributed by atoms with van der Waals surface area (Å²) in [5, 5.41) is 0. The molecule has 2 N–H and O–H groups in total. The molecule has 3 aromatic rings. The van der Waals surface area contributed by atoms with Gasteiger partial charge in [0.25, 0.3) is 0 Å². The van der Waals surface area contributed by atoms with Crippen molar-refractivity contribution in [2.24, 2.45) is 0 Å². The number of hydrogen-bond acceptors (Lipinski definition) is 2. The van der Waals surface area contributed by atoms with Gasteiger partial charge in [0, 0.05) is 5.56 Å². The lowest BCUT2D eigenvalue weighted by atomic mass is 10.0. The second-order valence-corrected chi connectivity index (χ2v) is 4.61. The molecule has 0 spiro atoms. The molecule has 0 unspecified atom stereocenters. The largest absolute Gasteiger partial charge is 0.323 e. The molecule has 0 atom stereocenters. The zero-order chi connectivity index (χ0) is 14.3. The van der Waals surface area contributed by atoms with Crippen LogP contribution in [0.15, 0.2) is 41.2 Å². The van der Waals surface area contributed by atoms with E-state index in [1.54, 1.807) is 31.2 Å². The molecule has 0 saturated heterocycles. The minimum absolute atomic E-state index is 0.0298. The summed E-state index contributed by atoms with van der Waals surface area (Å²) in [4.78, 5) is 28.7. The first-order valence-electron chi connectivity index (χ1n) is 6.08. The smallest absolute Gasteiger partial charge is 0.306 e. The fourth-order valence-electron chi connectivity index (χ4n) is 2.15. The lowest BCUT2D eigenvalue weighted by molar-refractivity contribution is 0.103. The average molecular weight is 270 g/mol. The minimum atomic E-state index is -0.514. The van der Waals surface area contributed by atoms with Crippen LogP contribution in [0, 0.1) is 12.7 Å². The van der Waals surface area contributed by atoms with Gasteiger partial charge < -0.3 is 9.97 Å². The monoisotopic (exact) mass is 270 g/mol. The fraction of sp³-hybridized carbons (Fsp3) is 0.0667. The van der Waals surface area contributed by atoms with Crippen LogP contribution in [0.1, 0.15) is 21.5 Å². The van der Waals surface area contributed by atoms with Crippen molar-refractivity contribution in [3.8, 4) is 0 Å². The number of ketones is 1. The number of carbonyl (C=O) groups is 1. The van der Waals surface area contributed by atoms with Gasteiger partial charge in [-0.15, -0.1) is 0 Å². The molecule has 0 bridgehead atoms. The van der Waals surface area contributed by atoms with Crippen LogP contribution in [-0.2, 0) is 0 Å². The van der Waals surface area contributed by atoms with E-state index in [-0.39, 0.29) is 11.3 Å². The molecule has 4 nitrogen and oxygen atoms in total. The Morgan fingerprint density at radius 1 is 1.10 bits per heavy atom. The SMILES string of the molecule is Cc1cccc(C(=O)c2ccc3[nH]c(=O)[nH]c3c2)c1F. The van der Waals surface area contributed by atoms with Crippen molar-refractivity contribution in [3.05, 3.63) is 69.4 Å². The number of aryl methyl sites for hydroxylation is 1. The highest BCUT2D eigenvalue weighted by Crippen LogP contribution is 2.18. The molecule has 0 amide bonds. The average Bonchev–Trinajstić information content (AvgIpc) is 2.80. The standard InChI is InChI=1S/C15H11FN2O2/c1-8-3-2-4-10(13(8)16)14(19)9-5-6-11-12(7-9)18-15(20)17-11/h2-7H,1H3,(H2,17,18,20). The molecule has 0 saturated carbocycles. The maximum absolute atomic E-state index is 14.0. The highest BCUT2D eigenvalue weighted by molar-refractivity contribution is 6.10. The van der Waals surface area contributed by atoms with Crippen LogP contribution < -0.4 is 5.69 Å². The summed E-state index contributed by atoms with van der Waals surface area (Å²) >= 11 is 0. The van der Waals surface area contributed by atoms with Crippen LogP contribution in [0.25, 0.3) is 11.0 Å². The van der Waals surface area contributed by atoms with Gasteiger partial charge >= 0.3 is 5.69 Å². The van der Waals surface area contributed by atoms with Crippen molar-refractivity contribution in [3.63, 3.8) is 0 Å². The Kier molecular flexibility index (Phi) is 2.75. The number of halogens is 1. The number of benzene rings is 2. The summed E-state index contributed by atoms with van der Waals surface area (Å²) in [6.07, 6.45) is 0. The number of aromatic amines is 2. The molecular formula is C15H11FN2O2. The van der Waals surface area contributed by atoms with Gasteiger partial charge in [0.1, 0.15) is 5.82 Å². The summed E-state index contributed by atoms with van der Waals surface area (Å²) < 4.78 is 14.0. The van der Waals surface area contributed by atoms with E-state index in [9.17, 15) is 14.0 Å². The van der Waals surface area contributed by atoms with Crippen molar-refractivity contribution in [1.29, 1.82) is 0 Å². The van der Waals surface area contributed by atoms with Crippen molar-refractivity contribution < 1.29 is 9.18 Å². The molecule has 2 aromatic carbocycles. The van der Waals surface area contributed by atoms with Gasteiger partial charge in [-0.1, -0.05) is 12.1 Å². The number of hydrogen-bond donors (Lipinski definition) is 2. The van der Waals surface area contributed by atoms with Gasteiger partial charge in [0.2, 0.25) is 0 Å². The topological polar surface area (TPSA) is 65.7 Å². The number of carbonyl (C=O) groups excluding carboxylic acids is 1. The summed E-state index contributed by atoms with van der Waals surface area (Å²) in [6, 6.07) is 9.43. The van der Waals surface area contributed by atoms with Crippen molar-refractivity contribution in [1.82, 2.24) is 9.97 Å². The first kappa shape index (κ1) is 12.3. The molecule has 0 aliphatic carbocycles. The molecule has 0 aliphatic rings. The second-order valence-electron chi connectivity index (χ2n) is 4.61. The Morgan fingerprint density at radius 2 is 1.85 bits per heavy atom. The Morgan fingerprint density at radius 3 is 2.65 bits per heavy atom. The third kappa shape index (κ3) is 1.93. The van der Waals surface area contributed by atoms with Gasteiger partial charge in [-0.3, -0.25) is 4.79 Å². The predicted octanol–water partition coefficient (Wildman–Crippen LogP) is 2.53. The molecule has 0 fully saturated rings. The van der Waals surface area contributed by atoms with E-state index in [4.69, 9.17) is 0 Å². The zero-order valence-corrected chi connectivity index (χ0v) is 10.7. The van der Waals surface area contributed by atoms with Crippen molar-refractivity contribution >= 4 is 16.8 Å². The first-order valence-corrected chi connectivity index (χ1v) is 6.08. The van der Waals surface area contributed by atoms with Crippen molar-refractivity contribution in [2.45, 2.75) is 6.92 Å². The third-order valence-electron chi connectivity index (χ3n) is 3.21. The van der Waals surface area contributed by atoms with Gasteiger partial charge in [0.05, 0.1) is 16.6 Å². The summed E-state index contributed by atoms with van der Waals surface area (Å²) in [5.74, 6) is -0.921. The summed E-state index contributed by atoms with van der Waals surface area (Å²) in [7, 11) is 0. The fourth-order valence-corrected chi connectivity index (χ4v) is 2.15. The normalized spacial score (nSPS) is 10.9. The van der Waals surface area contributed by atoms with Crippen LogP contribution in [0.2, 0.25) is 0 Å². The van der Waals surface area contributed by atoms with E-state index >= 15 is 0 Å². The van der Waals surface area contributed by atoms with Gasteiger partial charge in [-0.2, -0.15) is 0 Å². The Bertz CT molecular complexity index is 877. The van der Waals surface area contributed by atoms with Crippen LogP contribution in [-0.4, -0.2) is 15.8 Å². The highest BCUT2D eigenvalue weighted by Gasteiger charge is 2.15. The second kappa shape index (κ2) is 4.45. The van der Waals surface area contributed by atoms with Crippen LogP contribution >= 0.6 is 0 Å². The van der Waals surface area contributed by atoms with E-state index in [1.807, 2.05) is 0 Å². The third-order valence-corrected chi connectivity index (χ3v) is 3.21. The van der Waals surface area contributed by atoms with E-state index in [0.717, 1.165) is 0 Å². The predicted molar refractivity (Wildman–Crippen MR) is 73.5 cm³/mol. The summed E-state index contributed by atoms with van der Waals surface area (Å²) in [5.41, 5.74) is 1.57. The zero-order valence-electron chi connectivity index (χ0n) is 10.7. The van der Waals surface area contributed by atoms with Gasteiger partial charge in [-0.05, 0) is 36.8 Å². The Hall–Kier alpha value is -2.69. The molecule has 0 aliphatic heterocycles. The molecule has 100 valence electrons.